The van der Waals surface area contributed by atoms with Gasteiger partial charge in [0.15, 0.2) is 0 Å². The van der Waals surface area contributed by atoms with Crippen LogP contribution in [0.25, 0.3) is 0 Å². The summed E-state index contributed by atoms with van der Waals surface area (Å²) >= 11 is 6.16. The van der Waals surface area contributed by atoms with Crippen LogP contribution in [-0.2, 0) is 4.74 Å². The van der Waals surface area contributed by atoms with Crippen molar-refractivity contribution in [1.82, 2.24) is 14.9 Å². The molecular formula is C19H21ClN4O3. The van der Waals surface area contributed by atoms with Crippen molar-refractivity contribution in [3.05, 3.63) is 46.7 Å². The first-order chi connectivity index (χ1) is 13.0. The van der Waals surface area contributed by atoms with Gasteiger partial charge in [0, 0.05) is 25.5 Å². The molecule has 27 heavy (non-hydrogen) atoms. The Morgan fingerprint density at radius 3 is 2.67 bits per heavy atom. The summed E-state index contributed by atoms with van der Waals surface area (Å²) in [6.45, 7) is 3.67. The number of nitrogens with zero attached hydrogens (tertiary/aromatic N) is 3. The van der Waals surface area contributed by atoms with Gasteiger partial charge in [0.2, 0.25) is 5.95 Å². The topological polar surface area (TPSA) is 84.4 Å². The highest BCUT2D eigenvalue weighted by atomic mass is 35.5. The molecule has 3 rings (SSSR count). The second-order valence-electron chi connectivity index (χ2n) is 6.61. The van der Waals surface area contributed by atoms with Crippen LogP contribution in [0.5, 0.6) is 0 Å². The van der Waals surface area contributed by atoms with Crippen LogP contribution in [0, 0.1) is 5.92 Å². The van der Waals surface area contributed by atoms with Crippen molar-refractivity contribution < 1.29 is 14.3 Å². The minimum Gasteiger partial charge on any atom is -0.465 e. The molecule has 1 N–H and O–H groups in total. The summed E-state index contributed by atoms with van der Waals surface area (Å²) in [6, 6.07) is 4.72. The maximum Gasteiger partial charge on any atom is 0.337 e. The molecule has 7 nitrogen and oxygen atoms in total. The second kappa shape index (κ2) is 8.35. The molecule has 1 saturated heterocycles. The Balaban J connectivity index is 1.72. The van der Waals surface area contributed by atoms with Gasteiger partial charge in [-0.25, -0.2) is 14.8 Å². The van der Waals surface area contributed by atoms with Gasteiger partial charge in [-0.05, 0) is 37.0 Å². The Bertz CT molecular complexity index is 841. The van der Waals surface area contributed by atoms with Gasteiger partial charge < -0.3 is 15.0 Å². The fourth-order valence-corrected chi connectivity index (χ4v) is 3.21. The molecular weight excluding hydrogens is 368 g/mol. The van der Waals surface area contributed by atoms with Gasteiger partial charge in [0.05, 0.1) is 28.9 Å². The molecule has 1 atom stereocenters. The van der Waals surface area contributed by atoms with E-state index in [9.17, 15) is 9.59 Å². The van der Waals surface area contributed by atoms with E-state index >= 15 is 0 Å². The van der Waals surface area contributed by atoms with Crippen molar-refractivity contribution in [3.63, 3.8) is 0 Å². The maximum absolute atomic E-state index is 12.6. The lowest BCUT2D eigenvalue weighted by atomic mass is 10.00. The van der Waals surface area contributed by atoms with Crippen LogP contribution in [-0.4, -0.2) is 46.9 Å². The van der Waals surface area contributed by atoms with Crippen LogP contribution < -0.4 is 5.32 Å². The van der Waals surface area contributed by atoms with E-state index in [1.165, 1.54) is 19.5 Å². The number of carbonyl (C=O) groups excluding carboxylic acids is 2. The summed E-state index contributed by atoms with van der Waals surface area (Å²) in [6.07, 6.45) is 5.15. The van der Waals surface area contributed by atoms with Crippen LogP contribution in [0.15, 0.2) is 30.6 Å². The minimum atomic E-state index is -0.465. The van der Waals surface area contributed by atoms with Gasteiger partial charge in [0.1, 0.15) is 0 Å². The fourth-order valence-electron chi connectivity index (χ4n) is 3.05. The van der Waals surface area contributed by atoms with Gasteiger partial charge >= 0.3 is 5.97 Å². The lowest BCUT2D eigenvalue weighted by molar-refractivity contribution is 0.0600. The highest BCUT2D eigenvalue weighted by Gasteiger charge is 2.22. The number of hydrogen-bond donors (Lipinski definition) is 1. The zero-order valence-corrected chi connectivity index (χ0v) is 16.0. The molecule has 1 fully saturated rings. The van der Waals surface area contributed by atoms with E-state index in [0.717, 1.165) is 25.9 Å². The van der Waals surface area contributed by atoms with Crippen LogP contribution >= 0.6 is 11.6 Å². The number of carbonyl (C=O) groups is 2. The number of likely N-dealkylation sites (tertiary alicyclic amines) is 1. The zero-order valence-electron chi connectivity index (χ0n) is 15.2. The monoisotopic (exact) mass is 388 g/mol. The largest absolute Gasteiger partial charge is 0.465 e. The third-order valence-electron chi connectivity index (χ3n) is 4.48. The van der Waals surface area contributed by atoms with Gasteiger partial charge in [-0.2, -0.15) is 0 Å². The van der Waals surface area contributed by atoms with E-state index in [-0.39, 0.29) is 11.9 Å². The first-order valence-electron chi connectivity index (χ1n) is 8.74. The van der Waals surface area contributed by atoms with Crippen molar-refractivity contribution in [2.45, 2.75) is 19.8 Å². The number of ether oxygens (including phenoxy) is 1. The van der Waals surface area contributed by atoms with Gasteiger partial charge in [-0.1, -0.05) is 18.5 Å². The number of amides is 1. The highest BCUT2D eigenvalue weighted by Crippen LogP contribution is 2.26. The zero-order chi connectivity index (χ0) is 19.4. The molecule has 2 heterocycles. The molecule has 1 aromatic carbocycles. The SMILES string of the molecule is COC(=O)c1ccc(Cl)c(Nc2ncc(C(=O)N3CCCC(C)C3)cn2)c1. The lowest BCUT2D eigenvalue weighted by Crippen LogP contribution is -2.39. The molecule has 1 aliphatic rings. The molecule has 1 aliphatic heterocycles. The average molecular weight is 389 g/mol. The molecule has 1 unspecified atom stereocenters. The average Bonchev–Trinajstić information content (AvgIpc) is 2.69. The van der Waals surface area contributed by atoms with E-state index in [1.807, 2.05) is 4.90 Å². The lowest BCUT2D eigenvalue weighted by Gasteiger charge is -2.30. The van der Waals surface area contributed by atoms with E-state index in [0.29, 0.717) is 27.8 Å². The summed E-state index contributed by atoms with van der Waals surface area (Å²) in [5, 5.41) is 3.37. The summed E-state index contributed by atoms with van der Waals surface area (Å²) < 4.78 is 4.71. The van der Waals surface area contributed by atoms with Crippen molar-refractivity contribution in [2.24, 2.45) is 5.92 Å². The molecule has 8 heteroatoms. The molecule has 0 saturated carbocycles. The van der Waals surface area contributed by atoms with E-state index < -0.39 is 5.97 Å². The van der Waals surface area contributed by atoms with Crippen LogP contribution in [0.3, 0.4) is 0 Å². The predicted molar refractivity (Wildman–Crippen MR) is 102 cm³/mol. The maximum atomic E-state index is 12.6. The number of hydrogen-bond acceptors (Lipinski definition) is 6. The van der Waals surface area contributed by atoms with Gasteiger partial charge in [-0.15, -0.1) is 0 Å². The van der Waals surface area contributed by atoms with Crippen LogP contribution in [0.2, 0.25) is 5.02 Å². The molecule has 0 aliphatic carbocycles. The Morgan fingerprint density at radius 1 is 1.26 bits per heavy atom. The summed E-state index contributed by atoms with van der Waals surface area (Å²) in [7, 11) is 1.31. The Morgan fingerprint density at radius 2 is 2.00 bits per heavy atom. The summed E-state index contributed by atoms with van der Waals surface area (Å²) in [4.78, 5) is 34.5. The fraction of sp³-hybridized carbons (Fsp3) is 0.368. The van der Waals surface area contributed by atoms with E-state index in [1.54, 1.807) is 18.2 Å². The molecule has 0 radical (unpaired) electrons. The Hall–Kier alpha value is -2.67. The van der Waals surface area contributed by atoms with Crippen LogP contribution in [0.4, 0.5) is 11.6 Å². The highest BCUT2D eigenvalue weighted by molar-refractivity contribution is 6.33. The molecule has 0 bridgehead atoms. The van der Waals surface area contributed by atoms with Crippen molar-refractivity contribution >= 4 is 35.1 Å². The first-order valence-corrected chi connectivity index (χ1v) is 9.12. The second-order valence-corrected chi connectivity index (χ2v) is 7.01. The summed E-state index contributed by atoms with van der Waals surface area (Å²) in [5.74, 6) is 0.266. The molecule has 0 spiro atoms. The minimum absolute atomic E-state index is 0.0566. The number of methoxy groups -OCH3 is 1. The first kappa shape index (κ1) is 19.1. The number of esters is 1. The normalized spacial score (nSPS) is 16.7. The summed E-state index contributed by atoms with van der Waals surface area (Å²) in [5.41, 5.74) is 1.28. The van der Waals surface area contributed by atoms with E-state index in [2.05, 4.69) is 22.2 Å². The van der Waals surface area contributed by atoms with Crippen molar-refractivity contribution in [2.75, 3.05) is 25.5 Å². The number of nitrogens with one attached hydrogen (secondary N) is 1. The molecule has 142 valence electrons. The molecule has 2 aromatic rings. The smallest absolute Gasteiger partial charge is 0.337 e. The van der Waals surface area contributed by atoms with Gasteiger partial charge in [-0.3, -0.25) is 4.79 Å². The van der Waals surface area contributed by atoms with Gasteiger partial charge in [0.25, 0.3) is 5.91 Å². The van der Waals surface area contributed by atoms with Crippen molar-refractivity contribution in [1.29, 1.82) is 0 Å². The third kappa shape index (κ3) is 4.54. The number of benzene rings is 1. The predicted octanol–water partition coefficient (Wildman–Crippen LogP) is 3.53. The number of piperidine rings is 1. The van der Waals surface area contributed by atoms with Crippen LogP contribution in [0.1, 0.15) is 40.5 Å². The number of anilines is 2. The number of rotatable bonds is 4. The number of aromatic nitrogens is 2. The quantitative estimate of drug-likeness (QED) is 0.806. The Labute approximate surface area is 162 Å². The third-order valence-corrected chi connectivity index (χ3v) is 4.81. The standard InChI is InChI=1S/C19H21ClN4O3/c1-12-4-3-7-24(11-12)17(25)14-9-21-19(22-10-14)23-16-8-13(18(26)27-2)5-6-15(16)20/h5-6,8-10,12H,3-4,7,11H2,1-2H3,(H,21,22,23). The number of halogens is 1. The Kier molecular flexibility index (Phi) is 5.91. The molecule has 1 aromatic heterocycles. The van der Waals surface area contributed by atoms with E-state index in [4.69, 9.17) is 16.3 Å². The van der Waals surface area contributed by atoms with Crippen molar-refractivity contribution in [3.8, 4) is 0 Å². The molecule has 1 amide bonds.